The third-order valence-electron chi connectivity index (χ3n) is 9.03. The molecule has 0 atom stereocenters. The molecule has 0 radical (unpaired) electrons. The highest BCUT2D eigenvalue weighted by molar-refractivity contribution is 6.05. The van der Waals surface area contributed by atoms with Crippen LogP contribution in [0.5, 0.6) is 11.5 Å². The van der Waals surface area contributed by atoms with Crippen LogP contribution >= 0.6 is 0 Å². The number of benzene rings is 1. The van der Waals surface area contributed by atoms with Crippen molar-refractivity contribution in [2.24, 2.45) is 11.3 Å². The fraction of sp³-hybridized carbons (Fsp3) is 0.400. The molecule has 0 aliphatic carbocycles. The van der Waals surface area contributed by atoms with E-state index in [1.807, 2.05) is 24.4 Å². The van der Waals surface area contributed by atoms with Crippen molar-refractivity contribution in [3.63, 3.8) is 0 Å². The predicted octanol–water partition coefficient (Wildman–Crippen LogP) is 3.48. The molecular weight excluding hydrogens is 640 g/mol. The molecule has 15 nitrogen and oxygen atoms in total. The smallest absolute Gasteiger partial charge is 0.309 e. The summed E-state index contributed by atoms with van der Waals surface area (Å²) >= 11 is 0. The number of methoxy groups -OCH3 is 1. The van der Waals surface area contributed by atoms with Gasteiger partial charge < -0.3 is 29.7 Å². The van der Waals surface area contributed by atoms with E-state index < -0.39 is 5.41 Å². The molecule has 0 bridgehead atoms. The second-order valence-corrected chi connectivity index (χ2v) is 13.1. The van der Waals surface area contributed by atoms with E-state index in [-0.39, 0.29) is 30.1 Å². The van der Waals surface area contributed by atoms with Gasteiger partial charge in [0.25, 0.3) is 5.91 Å². The first kappa shape index (κ1) is 32.8. The normalized spacial score (nSPS) is 15.2. The number of esters is 1. The fourth-order valence-electron chi connectivity index (χ4n) is 6.20. The quantitative estimate of drug-likeness (QED) is 0.206. The molecule has 15 heteroatoms. The van der Waals surface area contributed by atoms with Crippen LogP contribution in [0.2, 0.25) is 0 Å². The van der Waals surface area contributed by atoms with E-state index in [9.17, 15) is 14.9 Å². The first-order valence-electron chi connectivity index (χ1n) is 16.6. The molecule has 4 aromatic heterocycles. The van der Waals surface area contributed by atoms with E-state index >= 15 is 0 Å². The molecule has 1 saturated heterocycles. The van der Waals surface area contributed by atoms with Crippen molar-refractivity contribution in [2.75, 3.05) is 58.4 Å². The van der Waals surface area contributed by atoms with Crippen molar-refractivity contribution in [1.29, 1.82) is 5.26 Å². The zero-order valence-corrected chi connectivity index (χ0v) is 28.2. The maximum atomic E-state index is 13.7. The summed E-state index contributed by atoms with van der Waals surface area (Å²) in [7, 11) is 1.59. The van der Waals surface area contributed by atoms with Gasteiger partial charge in [-0.1, -0.05) is 0 Å². The summed E-state index contributed by atoms with van der Waals surface area (Å²) < 4.78 is 20.5. The number of amides is 1. The van der Waals surface area contributed by atoms with Crippen LogP contribution < -0.4 is 20.1 Å². The number of fused-ring (bicyclic) bond motifs is 3. The number of ether oxygens (including phenoxy) is 3. The minimum absolute atomic E-state index is 0.0814. The van der Waals surface area contributed by atoms with Gasteiger partial charge in [0.2, 0.25) is 0 Å². The lowest BCUT2D eigenvalue weighted by molar-refractivity contribution is -0.152. The molecule has 2 N–H and O–H groups in total. The Balaban J connectivity index is 1.11. The summed E-state index contributed by atoms with van der Waals surface area (Å²) in [6.45, 7) is 7.18. The maximum Gasteiger partial charge on any atom is 0.309 e. The number of aromatic nitrogens is 6. The van der Waals surface area contributed by atoms with Gasteiger partial charge in [-0.05, 0) is 51.9 Å². The number of likely N-dealkylation sites (tertiary alicyclic amines) is 1. The number of carbonyl (C=O) groups is 2. The number of pyridine rings is 1. The van der Waals surface area contributed by atoms with Crippen molar-refractivity contribution in [3.8, 4) is 34.5 Å². The lowest BCUT2D eigenvalue weighted by atomic mass is 9.95. The molecule has 50 heavy (non-hydrogen) atoms. The van der Waals surface area contributed by atoms with Crippen LogP contribution in [0, 0.1) is 22.7 Å². The van der Waals surface area contributed by atoms with E-state index in [1.165, 1.54) is 0 Å². The van der Waals surface area contributed by atoms with Gasteiger partial charge in [-0.3, -0.25) is 14.6 Å². The number of anilines is 1. The van der Waals surface area contributed by atoms with Crippen molar-refractivity contribution < 1.29 is 23.8 Å². The van der Waals surface area contributed by atoms with Crippen LogP contribution in [-0.4, -0.2) is 99.2 Å². The maximum absolute atomic E-state index is 13.7. The Morgan fingerprint density at radius 1 is 1.18 bits per heavy atom. The van der Waals surface area contributed by atoms with Gasteiger partial charge in [-0.15, -0.1) is 0 Å². The number of nitrogens with one attached hydrogen (secondary N) is 2. The minimum atomic E-state index is -0.709. The highest BCUT2D eigenvalue weighted by Gasteiger charge is 2.29. The Bertz CT molecular complexity index is 2110. The molecule has 0 spiro atoms. The van der Waals surface area contributed by atoms with Crippen LogP contribution in [0.25, 0.3) is 33.5 Å². The molecule has 1 aromatic carbocycles. The largest absolute Gasteiger partial charge is 0.494 e. The Labute approximate surface area is 288 Å². The summed E-state index contributed by atoms with van der Waals surface area (Å²) in [5, 5.41) is 25.4. The molecule has 258 valence electrons. The number of hydrogen-bond donors (Lipinski definition) is 2. The summed E-state index contributed by atoms with van der Waals surface area (Å²) in [5.74, 6) is 0.425. The Kier molecular flexibility index (Phi) is 8.94. The SMILES string of the molecule is COc1cc2c(cc1-n1nc(C(=O)NCCN3CCC(C(=O)OCC(C)(C)C#N)CC3)c3cnc(-c4cnn5cccnc45)cc31)OCCN2. The van der Waals surface area contributed by atoms with Crippen molar-refractivity contribution in [1.82, 2.24) is 39.6 Å². The Morgan fingerprint density at radius 3 is 2.82 bits per heavy atom. The third kappa shape index (κ3) is 6.49. The minimum Gasteiger partial charge on any atom is -0.494 e. The molecule has 0 unspecified atom stereocenters. The van der Waals surface area contributed by atoms with E-state index in [0.29, 0.717) is 91.6 Å². The van der Waals surface area contributed by atoms with E-state index in [0.717, 1.165) is 11.3 Å². The van der Waals surface area contributed by atoms with E-state index in [2.05, 4.69) is 31.7 Å². The van der Waals surface area contributed by atoms with Crippen molar-refractivity contribution in [2.45, 2.75) is 26.7 Å². The van der Waals surface area contributed by atoms with Gasteiger partial charge in [0, 0.05) is 50.4 Å². The highest BCUT2D eigenvalue weighted by atomic mass is 16.5. The molecular formula is C35H38N10O5. The van der Waals surface area contributed by atoms with Crippen LogP contribution in [-0.2, 0) is 9.53 Å². The van der Waals surface area contributed by atoms with E-state index in [1.54, 1.807) is 54.8 Å². The number of piperidine rings is 1. The van der Waals surface area contributed by atoms with Gasteiger partial charge >= 0.3 is 5.97 Å². The highest BCUT2D eigenvalue weighted by Crippen LogP contribution is 2.38. The summed E-state index contributed by atoms with van der Waals surface area (Å²) in [6.07, 6.45) is 8.21. The Hall–Kier alpha value is -5.75. The standard InChI is InChI=1S/C35H38N10O5/c1-35(2,20-36)21-50-34(47)22-5-11-43(12-6-22)13-8-39-33(46)31-24-18-40-25(23-19-41-44-10-4-7-38-32(23)44)15-27(24)45(42-31)28-17-29-26(16-30(28)48-3)37-9-14-49-29/h4,7,10,15-19,22,37H,5-6,8-9,11-14,21H2,1-3H3,(H,39,46). The number of nitriles is 1. The number of hydrogen-bond acceptors (Lipinski definition) is 12. The molecule has 7 rings (SSSR count). The second kappa shape index (κ2) is 13.6. The van der Waals surface area contributed by atoms with Crippen LogP contribution in [0.3, 0.4) is 0 Å². The Morgan fingerprint density at radius 2 is 2.02 bits per heavy atom. The molecule has 0 saturated carbocycles. The molecule has 1 amide bonds. The van der Waals surface area contributed by atoms with Crippen LogP contribution in [0.4, 0.5) is 5.69 Å². The van der Waals surface area contributed by atoms with Gasteiger partial charge in [0.15, 0.2) is 11.3 Å². The monoisotopic (exact) mass is 678 g/mol. The van der Waals surface area contributed by atoms with Crippen molar-refractivity contribution in [3.05, 3.63) is 54.7 Å². The molecule has 2 aliphatic rings. The average molecular weight is 679 g/mol. The van der Waals surface area contributed by atoms with Gasteiger partial charge in [-0.25, -0.2) is 14.2 Å². The van der Waals surface area contributed by atoms with E-state index in [4.69, 9.17) is 24.3 Å². The number of nitrogens with zero attached hydrogens (tertiary/aromatic N) is 8. The molecule has 2 aliphatic heterocycles. The van der Waals surface area contributed by atoms with Crippen LogP contribution in [0.15, 0.2) is 49.1 Å². The fourth-order valence-corrected chi connectivity index (χ4v) is 6.20. The predicted molar refractivity (Wildman–Crippen MR) is 183 cm³/mol. The summed E-state index contributed by atoms with van der Waals surface area (Å²) in [5.41, 5.74) is 3.58. The van der Waals surface area contributed by atoms with Gasteiger partial charge in [0.1, 0.15) is 30.4 Å². The topological polar surface area (TPSA) is 174 Å². The summed E-state index contributed by atoms with van der Waals surface area (Å²) in [4.78, 5) is 37.7. The van der Waals surface area contributed by atoms with Crippen molar-refractivity contribution >= 4 is 34.1 Å². The number of carbonyl (C=O) groups excluding carboxylic acids is 2. The first-order valence-corrected chi connectivity index (χ1v) is 16.6. The van der Waals surface area contributed by atoms with Crippen LogP contribution in [0.1, 0.15) is 37.2 Å². The third-order valence-corrected chi connectivity index (χ3v) is 9.03. The molecule has 1 fully saturated rings. The van der Waals surface area contributed by atoms with Gasteiger partial charge in [-0.2, -0.15) is 15.5 Å². The zero-order chi connectivity index (χ0) is 34.8. The molecule has 6 heterocycles. The summed E-state index contributed by atoms with van der Waals surface area (Å²) in [6, 6.07) is 9.55. The molecule has 5 aromatic rings. The lowest BCUT2D eigenvalue weighted by Crippen LogP contribution is -2.41. The number of rotatable bonds is 10. The zero-order valence-electron chi connectivity index (χ0n) is 28.2. The lowest BCUT2D eigenvalue weighted by Gasteiger charge is -2.31. The van der Waals surface area contributed by atoms with Gasteiger partial charge in [0.05, 0.1) is 58.6 Å². The average Bonchev–Trinajstić information content (AvgIpc) is 3.75. The first-order chi connectivity index (χ1) is 24.2. The second-order valence-electron chi connectivity index (χ2n) is 13.1.